The van der Waals surface area contributed by atoms with Crippen molar-refractivity contribution in [3.05, 3.63) is 99.8 Å². The van der Waals surface area contributed by atoms with Gasteiger partial charge in [0.2, 0.25) is 5.91 Å². The van der Waals surface area contributed by atoms with E-state index >= 15 is 0 Å². The number of rotatable bonds is 23. The smallest absolute Gasteiger partial charge is 0.332 e. The minimum atomic E-state index is -4.67. The third kappa shape index (κ3) is 14.0. The molecule has 0 aliphatic carbocycles. The summed E-state index contributed by atoms with van der Waals surface area (Å²) >= 11 is 6.77. The molecule has 324 valence electrons. The van der Waals surface area contributed by atoms with Crippen LogP contribution in [-0.2, 0) is 58.1 Å². The number of aromatic nitrogens is 1. The van der Waals surface area contributed by atoms with Crippen molar-refractivity contribution in [1.29, 1.82) is 0 Å². The zero-order valence-corrected chi connectivity index (χ0v) is 37.2. The Hall–Kier alpha value is -4.50. The van der Waals surface area contributed by atoms with Crippen LogP contribution in [0.15, 0.2) is 71.9 Å². The molecule has 19 heteroatoms. The molecule has 0 saturated heterocycles. The number of nitrogens with one attached hydrogen (secondary N) is 2. The lowest BCUT2D eigenvalue weighted by Crippen LogP contribution is -2.48. The zero-order chi connectivity index (χ0) is 44.1. The van der Waals surface area contributed by atoms with Crippen LogP contribution in [0, 0.1) is 26.2 Å². The summed E-state index contributed by atoms with van der Waals surface area (Å²) in [7, 11) is -11.8. The van der Waals surface area contributed by atoms with Gasteiger partial charge < -0.3 is 33.9 Å². The van der Waals surface area contributed by atoms with Gasteiger partial charge >= 0.3 is 7.60 Å². The number of ether oxygens (including phenoxy) is 3. The fraction of sp³-hybridized carbons (Fsp3) is 0.366. The number of amides is 1. The van der Waals surface area contributed by atoms with Gasteiger partial charge in [-0.2, -0.15) is 8.42 Å². The number of hydrogen-bond acceptors (Lipinski definition) is 13. The van der Waals surface area contributed by atoms with Crippen molar-refractivity contribution < 1.29 is 54.0 Å². The van der Waals surface area contributed by atoms with Crippen LogP contribution in [0.4, 0.5) is 0 Å². The second kappa shape index (κ2) is 21.8. The van der Waals surface area contributed by atoms with Crippen molar-refractivity contribution >= 4 is 45.1 Å². The summed E-state index contributed by atoms with van der Waals surface area (Å²) in [5.74, 6) is 1.77. The van der Waals surface area contributed by atoms with Gasteiger partial charge in [-0.3, -0.25) is 18.9 Å². The van der Waals surface area contributed by atoms with E-state index < -0.39 is 45.3 Å². The van der Waals surface area contributed by atoms with E-state index in [-0.39, 0.29) is 73.7 Å². The number of benzene rings is 3. The van der Waals surface area contributed by atoms with Crippen LogP contribution < -0.4 is 24.8 Å². The van der Waals surface area contributed by atoms with Crippen molar-refractivity contribution in [1.82, 2.24) is 15.6 Å². The quantitative estimate of drug-likeness (QED) is 0.0423. The van der Waals surface area contributed by atoms with Gasteiger partial charge in [-0.05, 0) is 73.7 Å². The molecule has 1 amide bonds. The number of carbonyl (C=O) groups excluding carboxylic acids is 1. The molecule has 60 heavy (non-hydrogen) atoms. The van der Waals surface area contributed by atoms with Crippen molar-refractivity contribution in [2.45, 2.75) is 58.4 Å². The molecule has 0 unspecified atom stereocenters. The van der Waals surface area contributed by atoms with E-state index in [1.54, 1.807) is 13.8 Å². The lowest BCUT2D eigenvalue weighted by molar-refractivity contribution is -0.122. The maximum absolute atomic E-state index is 13.2. The maximum Gasteiger partial charge on any atom is 0.332 e. The summed E-state index contributed by atoms with van der Waals surface area (Å²) in [5, 5.41) is 5.52. The van der Waals surface area contributed by atoms with E-state index in [1.165, 1.54) is 30.6 Å². The van der Waals surface area contributed by atoms with Crippen molar-refractivity contribution in [2.75, 3.05) is 44.5 Å². The first-order valence-corrected chi connectivity index (χ1v) is 24.3. The summed E-state index contributed by atoms with van der Waals surface area (Å²) < 4.78 is 99.6. The van der Waals surface area contributed by atoms with Gasteiger partial charge in [-0.1, -0.05) is 47.9 Å². The Morgan fingerprint density at radius 1 is 0.900 bits per heavy atom. The van der Waals surface area contributed by atoms with Crippen molar-refractivity contribution in [2.24, 2.45) is 0 Å². The number of carbonyl (C=O) groups is 1. The molecule has 1 aromatic heterocycles. The van der Waals surface area contributed by atoms with Gasteiger partial charge in [0.1, 0.15) is 43.1 Å². The number of sulfone groups is 1. The first kappa shape index (κ1) is 48.2. The van der Waals surface area contributed by atoms with Gasteiger partial charge in [0.05, 0.1) is 35.0 Å². The SMILES string of the molecule is C#CCOc1cccc(-c2cccc(COc3cc(OCc4cncc(S(C)(=O)=O)c4)c(CN[C@@H](CS(=O)(=O)O)C(=O)NCCP(=O)(OCC)OCC)cc3Cl)c2C)c1C. The van der Waals surface area contributed by atoms with Gasteiger partial charge in [-0.15, -0.1) is 6.42 Å². The monoisotopic (exact) mass is 905 g/mol. The van der Waals surface area contributed by atoms with Crippen LogP contribution in [0.1, 0.15) is 41.7 Å². The number of halogens is 1. The molecular formula is C41H49ClN3O12PS2. The minimum absolute atomic E-state index is 0.0110. The minimum Gasteiger partial charge on any atom is -0.488 e. The Bertz CT molecular complexity index is 2450. The first-order valence-electron chi connectivity index (χ1n) is 18.7. The van der Waals surface area contributed by atoms with Crippen LogP contribution in [0.3, 0.4) is 0 Å². The molecule has 0 fully saturated rings. The van der Waals surface area contributed by atoms with Gasteiger partial charge in [0.25, 0.3) is 10.1 Å². The van der Waals surface area contributed by atoms with E-state index in [0.717, 1.165) is 34.1 Å². The molecule has 0 spiro atoms. The Balaban J connectivity index is 1.62. The van der Waals surface area contributed by atoms with E-state index in [1.807, 2.05) is 50.2 Å². The summed E-state index contributed by atoms with van der Waals surface area (Å²) in [6.07, 6.45) is 8.94. The van der Waals surface area contributed by atoms with E-state index in [2.05, 4.69) is 21.5 Å². The summed E-state index contributed by atoms with van der Waals surface area (Å²) in [6, 6.07) is 14.6. The van der Waals surface area contributed by atoms with Gasteiger partial charge in [0, 0.05) is 48.9 Å². The summed E-state index contributed by atoms with van der Waals surface area (Å²) in [6.45, 7) is 7.15. The Kier molecular flexibility index (Phi) is 17.5. The second-order valence-corrected chi connectivity index (χ2v) is 19.5. The van der Waals surface area contributed by atoms with Gasteiger partial charge in [0.15, 0.2) is 9.84 Å². The lowest BCUT2D eigenvalue weighted by Gasteiger charge is -2.21. The standard InChI is InChI=1S/C41H49ClN3O12PS2/c1-7-17-53-38-15-11-14-35(29(38)5)34-13-10-12-31(28(34)4)26-55-40-21-39(54-25-30-19-33(24-43-22-30)59(6,48)49)32(20-36(40)42)23-45-37(27-60(50,51)52)41(46)44-16-18-58(47,56-8-2)57-9-3/h1,10-15,19-22,24,37,45H,8-9,16-18,23,25-27H2,2-6H3,(H,44,46)(H,50,51,52)/t37-/m0/s1. The maximum atomic E-state index is 13.2. The average molecular weight is 906 g/mol. The van der Waals surface area contributed by atoms with Crippen molar-refractivity contribution in [3.63, 3.8) is 0 Å². The largest absolute Gasteiger partial charge is 0.488 e. The van der Waals surface area contributed by atoms with Crippen LogP contribution in [0.5, 0.6) is 17.2 Å². The summed E-state index contributed by atoms with van der Waals surface area (Å²) in [4.78, 5) is 17.3. The van der Waals surface area contributed by atoms with Crippen LogP contribution in [0.2, 0.25) is 5.02 Å². The molecule has 0 bridgehead atoms. The molecule has 4 rings (SSSR count). The molecule has 1 atom stereocenters. The number of hydrogen-bond donors (Lipinski definition) is 3. The van der Waals surface area contributed by atoms with Crippen LogP contribution in [0.25, 0.3) is 11.1 Å². The second-order valence-electron chi connectivity index (χ2n) is 13.4. The van der Waals surface area contributed by atoms with Gasteiger partial charge in [-0.25, -0.2) is 8.42 Å². The van der Waals surface area contributed by atoms with E-state index in [9.17, 15) is 30.7 Å². The van der Waals surface area contributed by atoms with Crippen LogP contribution >= 0.6 is 19.2 Å². The molecule has 0 aliphatic rings. The Labute approximate surface area is 356 Å². The normalized spacial score (nSPS) is 12.4. The van der Waals surface area contributed by atoms with Crippen LogP contribution in [-0.4, -0.2) is 82.9 Å². The highest BCUT2D eigenvalue weighted by Crippen LogP contribution is 2.47. The first-order chi connectivity index (χ1) is 28.4. The van der Waals surface area contributed by atoms with E-state index in [0.29, 0.717) is 16.9 Å². The number of pyridine rings is 1. The molecule has 3 aromatic carbocycles. The molecule has 1 heterocycles. The third-order valence-electron chi connectivity index (χ3n) is 8.99. The fourth-order valence-corrected chi connectivity index (χ4v) is 9.06. The summed E-state index contributed by atoms with van der Waals surface area (Å²) in [5.41, 5.74) is 5.42. The molecule has 0 saturated carbocycles. The predicted molar refractivity (Wildman–Crippen MR) is 229 cm³/mol. The van der Waals surface area contributed by atoms with Crippen molar-refractivity contribution in [3.8, 4) is 40.7 Å². The topological polar surface area (TPSA) is 206 Å². The average Bonchev–Trinajstić information content (AvgIpc) is 3.18. The number of nitrogens with zero attached hydrogens (tertiary/aromatic N) is 1. The highest BCUT2D eigenvalue weighted by atomic mass is 35.5. The highest BCUT2D eigenvalue weighted by Gasteiger charge is 2.28. The Morgan fingerprint density at radius 3 is 2.22 bits per heavy atom. The predicted octanol–water partition coefficient (Wildman–Crippen LogP) is 6.32. The zero-order valence-electron chi connectivity index (χ0n) is 33.9. The molecular weight excluding hydrogens is 857 g/mol. The van der Waals surface area contributed by atoms with E-state index in [4.69, 9.17) is 41.3 Å². The lowest BCUT2D eigenvalue weighted by atomic mass is 9.93. The molecule has 3 N–H and O–H groups in total. The number of terminal acetylenes is 1. The Morgan fingerprint density at radius 2 is 1.57 bits per heavy atom. The molecule has 0 aliphatic heterocycles. The fourth-order valence-electron chi connectivity index (χ4n) is 6.00. The third-order valence-corrected chi connectivity index (χ3v) is 13.2. The molecule has 0 radical (unpaired) electrons. The highest BCUT2D eigenvalue weighted by molar-refractivity contribution is 7.90. The molecule has 4 aromatic rings. The molecule has 15 nitrogen and oxygen atoms in total.